The van der Waals surface area contributed by atoms with Crippen LogP contribution < -0.4 is 4.94 Å². The molecule has 0 aromatic heterocycles. The number of hydrogen-bond donors (Lipinski definition) is 1. The van der Waals surface area contributed by atoms with Crippen molar-refractivity contribution in [2.75, 3.05) is 6.54 Å². The summed E-state index contributed by atoms with van der Waals surface area (Å²) in [6.45, 7) is 2.12. The van der Waals surface area contributed by atoms with Crippen LogP contribution in [0.25, 0.3) is 23.3 Å². The molecule has 8 heteroatoms. The molecule has 4 nitrogen and oxygen atoms in total. The van der Waals surface area contributed by atoms with Gasteiger partial charge in [0.15, 0.2) is 5.75 Å². The summed E-state index contributed by atoms with van der Waals surface area (Å²) in [5.74, 6) is -1.41. The maximum absolute atomic E-state index is 14.1. The topological polar surface area (TPSA) is 49.8 Å². The van der Waals surface area contributed by atoms with Crippen molar-refractivity contribution in [3.05, 3.63) is 88.5 Å². The third kappa shape index (κ3) is 6.02. The second-order valence-electron chi connectivity index (χ2n) is 9.16. The van der Waals surface area contributed by atoms with Crippen molar-refractivity contribution in [3.8, 4) is 16.9 Å². The lowest BCUT2D eigenvalue weighted by Gasteiger charge is -2.33. The molecule has 194 valence electrons. The fraction of sp³-hybridized carbons (Fsp3) is 0.276. The van der Waals surface area contributed by atoms with Crippen molar-refractivity contribution in [1.82, 2.24) is 4.90 Å². The number of halogens is 4. The average molecular weight is 514 g/mol. The third-order valence-corrected chi connectivity index (χ3v) is 6.80. The Morgan fingerprint density at radius 1 is 1.05 bits per heavy atom. The van der Waals surface area contributed by atoms with Crippen LogP contribution in [0, 0.1) is 6.92 Å². The molecule has 1 heterocycles. The third-order valence-electron chi connectivity index (χ3n) is 6.80. The Morgan fingerprint density at radius 3 is 2.46 bits per heavy atom. The zero-order chi connectivity index (χ0) is 26.6. The summed E-state index contributed by atoms with van der Waals surface area (Å²) in [6.07, 6.45) is -0.0353. The number of carboxylic acid groups (broad SMARTS) is 1. The molecule has 0 radical (unpaired) electrons. The van der Waals surface area contributed by atoms with E-state index in [0.717, 1.165) is 34.4 Å². The molecule has 0 amide bonds. The summed E-state index contributed by atoms with van der Waals surface area (Å²) < 4.78 is 55.7. The Balaban J connectivity index is 1.71. The van der Waals surface area contributed by atoms with Gasteiger partial charge in [-0.15, -0.1) is 0 Å². The van der Waals surface area contributed by atoms with Crippen molar-refractivity contribution in [2.45, 2.75) is 44.9 Å². The van der Waals surface area contributed by atoms with Crippen molar-refractivity contribution in [1.29, 1.82) is 0 Å². The molecule has 1 fully saturated rings. The van der Waals surface area contributed by atoms with Crippen LogP contribution in [0.1, 0.15) is 47.1 Å². The quantitative estimate of drug-likeness (QED) is 0.262. The minimum Gasteiger partial charge on any atom is -0.480 e. The summed E-state index contributed by atoms with van der Waals surface area (Å²) in [5, 5.41) is 9.50. The van der Waals surface area contributed by atoms with E-state index in [-0.39, 0.29) is 23.4 Å². The first kappa shape index (κ1) is 26.4. The van der Waals surface area contributed by atoms with Gasteiger partial charge in [0.2, 0.25) is 0 Å². The summed E-state index contributed by atoms with van der Waals surface area (Å²) >= 11 is 0. The Bertz CT molecular complexity index is 1290. The van der Waals surface area contributed by atoms with E-state index in [1.54, 1.807) is 17.0 Å². The molecule has 37 heavy (non-hydrogen) atoms. The Hall–Kier alpha value is -3.65. The number of piperidine rings is 1. The number of benzene rings is 3. The van der Waals surface area contributed by atoms with Crippen LogP contribution in [0.3, 0.4) is 0 Å². The molecular formula is C29H27F4NO3. The van der Waals surface area contributed by atoms with Gasteiger partial charge in [0.1, 0.15) is 6.04 Å². The zero-order valence-corrected chi connectivity index (χ0v) is 20.3. The molecule has 3 aromatic carbocycles. The van der Waals surface area contributed by atoms with Crippen LogP contribution in [0.2, 0.25) is 0 Å². The van der Waals surface area contributed by atoms with Crippen LogP contribution in [0.5, 0.6) is 5.75 Å². The Morgan fingerprint density at radius 2 is 1.78 bits per heavy atom. The highest BCUT2D eigenvalue weighted by Crippen LogP contribution is 2.38. The monoisotopic (exact) mass is 513 g/mol. The summed E-state index contributed by atoms with van der Waals surface area (Å²) in [6, 6.07) is 16.3. The number of likely N-dealkylation sites (tertiary alicyclic amines) is 1. The van der Waals surface area contributed by atoms with E-state index < -0.39 is 23.8 Å². The smallest absolute Gasteiger partial charge is 0.417 e. The predicted octanol–water partition coefficient (Wildman–Crippen LogP) is 7.55. The predicted molar refractivity (Wildman–Crippen MR) is 134 cm³/mol. The molecular weight excluding hydrogens is 486 g/mol. The molecule has 1 atom stereocenters. The van der Waals surface area contributed by atoms with E-state index in [9.17, 15) is 27.6 Å². The number of carboxylic acids is 1. The van der Waals surface area contributed by atoms with Crippen molar-refractivity contribution >= 4 is 18.1 Å². The lowest BCUT2D eigenvalue weighted by molar-refractivity contribution is -0.145. The van der Waals surface area contributed by atoms with Gasteiger partial charge in [0.25, 0.3) is 0 Å². The van der Waals surface area contributed by atoms with Gasteiger partial charge < -0.3 is 5.11 Å². The van der Waals surface area contributed by atoms with Crippen LogP contribution in [-0.2, 0) is 17.5 Å². The first-order valence-electron chi connectivity index (χ1n) is 12.0. The van der Waals surface area contributed by atoms with Gasteiger partial charge in [0.05, 0.1) is 5.56 Å². The van der Waals surface area contributed by atoms with Gasteiger partial charge in [-0.05, 0) is 66.3 Å². The van der Waals surface area contributed by atoms with E-state index in [4.69, 9.17) is 0 Å². The van der Waals surface area contributed by atoms with Gasteiger partial charge >= 0.3 is 12.1 Å². The Labute approximate surface area is 212 Å². The molecule has 0 unspecified atom stereocenters. The van der Waals surface area contributed by atoms with Crippen LogP contribution >= 0.6 is 0 Å². The molecule has 3 aromatic rings. The zero-order valence-electron chi connectivity index (χ0n) is 20.3. The largest absolute Gasteiger partial charge is 0.480 e. The summed E-state index contributed by atoms with van der Waals surface area (Å²) in [7, 11) is 0. The molecule has 0 saturated carbocycles. The summed E-state index contributed by atoms with van der Waals surface area (Å²) in [5.41, 5.74) is 2.31. The number of aliphatic carboxylic acids is 1. The second-order valence-corrected chi connectivity index (χ2v) is 9.16. The lowest BCUT2D eigenvalue weighted by atomic mass is 9.95. The molecule has 0 aliphatic carbocycles. The van der Waals surface area contributed by atoms with E-state index in [2.05, 4.69) is 4.94 Å². The normalized spacial score (nSPS) is 16.7. The van der Waals surface area contributed by atoms with Gasteiger partial charge in [-0.3, -0.25) is 14.6 Å². The first-order chi connectivity index (χ1) is 17.7. The van der Waals surface area contributed by atoms with E-state index in [1.165, 1.54) is 6.08 Å². The van der Waals surface area contributed by atoms with Gasteiger partial charge in [-0.25, -0.2) is 0 Å². The molecule has 1 saturated heterocycles. The second kappa shape index (κ2) is 11.2. The number of rotatable bonds is 7. The number of carbonyl (C=O) groups is 1. The molecule has 0 spiro atoms. The molecule has 1 aliphatic heterocycles. The number of alkyl halides is 3. The van der Waals surface area contributed by atoms with Crippen LogP contribution in [-0.4, -0.2) is 28.6 Å². The minimum absolute atomic E-state index is 0.0534. The van der Waals surface area contributed by atoms with Gasteiger partial charge in [-0.2, -0.15) is 13.2 Å². The fourth-order valence-corrected chi connectivity index (χ4v) is 4.84. The average Bonchev–Trinajstić information content (AvgIpc) is 2.88. The van der Waals surface area contributed by atoms with Gasteiger partial charge in [-0.1, -0.05) is 67.1 Å². The molecule has 0 bridgehead atoms. The number of nitrogens with zero attached hydrogens (tertiary/aromatic N) is 1. The van der Waals surface area contributed by atoms with Crippen molar-refractivity contribution in [2.24, 2.45) is 0 Å². The van der Waals surface area contributed by atoms with Crippen molar-refractivity contribution < 1.29 is 32.5 Å². The highest BCUT2D eigenvalue weighted by Gasteiger charge is 2.35. The van der Waals surface area contributed by atoms with Gasteiger partial charge in [0, 0.05) is 16.6 Å². The van der Waals surface area contributed by atoms with Crippen LogP contribution in [0.4, 0.5) is 17.7 Å². The molecule has 1 aliphatic rings. The standard InChI is InChI=1S/C29H27F4NO3/c1-19-20(10-7-11-24(19)21-8-3-2-4-9-21)13-14-22-17-27(37-33)23(16-25(22)29(30,31)32)18-34-15-6-5-12-26(34)28(35)36/h2-4,7-11,13-14,16-17,26H,5-6,12,15,18H2,1H3,(H,35,36)/b14-13+/t26-/m0/s1. The lowest BCUT2D eigenvalue weighted by Crippen LogP contribution is -2.44. The maximum Gasteiger partial charge on any atom is 0.417 e. The van der Waals surface area contributed by atoms with E-state index >= 15 is 0 Å². The van der Waals surface area contributed by atoms with Crippen molar-refractivity contribution in [3.63, 3.8) is 0 Å². The molecule has 1 N–H and O–H groups in total. The van der Waals surface area contributed by atoms with Crippen LogP contribution in [0.15, 0.2) is 60.7 Å². The molecule has 4 rings (SSSR count). The SMILES string of the molecule is Cc1c(/C=C/c2cc(OF)c(CN3CCCC[C@H]3C(=O)O)cc2C(F)(F)F)cccc1-c1ccccc1. The Kier molecular flexibility index (Phi) is 7.97. The van der Waals surface area contributed by atoms with E-state index in [0.29, 0.717) is 25.8 Å². The summed E-state index contributed by atoms with van der Waals surface area (Å²) in [4.78, 5) is 17.1. The minimum atomic E-state index is -4.71. The maximum atomic E-state index is 14.1. The fourth-order valence-electron chi connectivity index (χ4n) is 4.84. The van der Waals surface area contributed by atoms with E-state index in [1.807, 2.05) is 49.4 Å². The highest BCUT2D eigenvalue weighted by molar-refractivity contribution is 5.78. The first-order valence-corrected chi connectivity index (χ1v) is 12.0. The highest BCUT2D eigenvalue weighted by atomic mass is 19.4. The number of hydrogen-bond acceptors (Lipinski definition) is 3.